The summed E-state index contributed by atoms with van der Waals surface area (Å²) in [5.74, 6) is -4.15. The second-order valence-electron chi connectivity index (χ2n) is 5.06. The van der Waals surface area contributed by atoms with Gasteiger partial charge in [0.15, 0.2) is 11.6 Å². The topological polar surface area (TPSA) is 66.5 Å². The smallest absolute Gasteiger partial charge is 0.262 e. The Morgan fingerprint density at radius 3 is 2.42 bits per heavy atom. The van der Waals surface area contributed by atoms with Crippen molar-refractivity contribution in [2.24, 2.45) is 0 Å². The molecule has 1 heterocycles. The third-order valence-electron chi connectivity index (χ3n) is 3.44. The molecule has 1 aliphatic heterocycles. The molecule has 5 nitrogen and oxygen atoms in total. The second kappa shape index (κ2) is 6.01. The third kappa shape index (κ3) is 2.85. The van der Waals surface area contributed by atoms with Crippen LogP contribution in [0, 0.1) is 11.6 Å². The maximum Gasteiger partial charge on any atom is 0.262 e. The van der Waals surface area contributed by atoms with Gasteiger partial charge in [0.1, 0.15) is 6.54 Å². The predicted octanol–water partition coefficient (Wildman–Crippen LogP) is 2.85. The molecular formula is C16H9ClF2N2O3. The van der Waals surface area contributed by atoms with Gasteiger partial charge in [0.2, 0.25) is 5.91 Å². The van der Waals surface area contributed by atoms with Crippen molar-refractivity contribution >= 4 is 35.0 Å². The molecule has 0 aromatic heterocycles. The number of nitrogens with zero attached hydrogens (tertiary/aromatic N) is 1. The molecule has 0 unspecified atom stereocenters. The lowest BCUT2D eigenvalue weighted by molar-refractivity contribution is -0.116. The summed E-state index contributed by atoms with van der Waals surface area (Å²) < 4.78 is 26.0. The van der Waals surface area contributed by atoms with E-state index in [2.05, 4.69) is 5.32 Å². The number of carbonyl (C=O) groups excluding carboxylic acids is 3. The van der Waals surface area contributed by atoms with Crippen LogP contribution < -0.4 is 5.32 Å². The predicted molar refractivity (Wildman–Crippen MR) is 81.8 cm³/mol. The summed E-state index contributed by atoms with van der Waals surface area (Å²) in [7, 11) is 0. The summed E-state index contributed by atoms with van der Waals surface area (Å²) in [5.41, 5.74) is 0.289. The van der Waals surface area contributed by atoms with Gasteiger partial charge in [0.25, 0.3) is 11.8 Å². The number of hydrogen-bond donors (Lipinski definition) is 1. The van der Waals surface area contributed by atoms with E-state index in [1.807, 2.05) is 0 Å². The van der Waals surface area contributed by atoms with Gasteiger partial charge in [0.05, 0.1) is 11.1 Å². The molecular weight excluding hydrogens is 342 g/mol. The van der Waals surface area contributed by atoms with Crippen molar-refractivity contribution in [1.29, 1.82) is 0 Å². The first-order valence-corrected chi connectivity index (χ1v) is 7.15. The zero-order chi connectivity index (χ0) is 17.4. The van der Waals surface area contributed by atoms with Crippen LogP contribution >= 0.6 is 11.6 Å². The Balaban J connectivity index is 1.74. The third-order valence-corrected chi connectivity index (χ3v) is 3.67. The molecule has 3 rings (SSSR count). The Bertz CT molecular complexity index is 886. The van der Waals surface area contributed by atoms with Crippen LogP contribution in [0.4, 0.5) is 14.5 Å². The molecule has 1 N–H and O–H groups in total. The highest BCUT2D eigenvalue weighted by Crippen LogP contribution is 2.25. The Morgan fingerprint density at radius 1 is 1.00 bits per heavy atom. The van der Waals surface area contributed by atoms with Gasteiger partial charge in [0, 0.05) is 16.8 Å². The van der Waals surface area contributed by atoms with Crippen molar-refractivity contribution in [3.63, 3.8) is 0 Å². The number of amides is 3. The minimum atomic E-state index is -1.12. The number of carbonyl (C=O) groups is 3. The minimum Gasteiger partial charge on any atom is -0.324 e. The number of anilines is 1. The van der Waals surface area contributed by atoms with Crippen molar-refractivity contribution < 1.29 is 23.2 Å². The van der Waals surface area contributed by atoms with Gasteiger partial charge in [-0.15, -0.1) is 0 Å². The van der Waals surface area contributed by atoms with Gasteiger partial charge in [-0.3, -0.25) is 19.3 Å². The minimum absolute atomic E-state index is 0.0125. The zero-order valence-corrected chi connectivity index (χ0v) is 12.7. The van der Waals surface area contributed by atoms with E-state index in [0.717, 1.165) is 17.0 Å². The Hall–Kier alpha value is -2.80. The van der Waals surface area contributed by atoms with Crippen LogP contribution in [0.1, 0.15) is 20.7 Å². The molecule has 0 saturated carbocycles. The molecule has 3 amide bonds. The monoisotopic (exact) mass is 350 g/mol. The molecule has 2 aromatic carbocycles. The number of fused-ring (bicyclic) bond motifs is 1. The van der Waals surface area contributed by atoms with Crippen molar-refractivity contribution in [3.05, 3.63) is 64.2 Å². The average molecular weight is 351 g/mol. The van der Waals surface area contributed by atoms with E-state index < -0.39 is 35.9 Å². The fourth-order valence-corrected chi connectivity index (χ4v) is 2.50. The number of halogens is 3. The van der Waals surface area contributed by atoms with E-state index in [9.17, 15) is 23.2 Å². The van der Waals surface area contributed by atoms with E-state index in [0.29, 0.717) is 5.02 Å². The Kier molecular flexibility index (Phi) is 4.02. The van der Waals surface area contributed by atoms with Crippen LogP contribution in [-0.4, -0.2) is 29.2 Å². The molecule has 0 saturated heterocycles. The first-order valence-electron chi connectivity index (χ1n) is 6.77. The highest BCUT2D eigenvalue weighted by molar-refractivity contribution is 6.32. The molecule has 2 aromatic rings. The first kappa shape index (κ1) is 16.1. The molecule has 0 bridgehead atoms. The largest absolute Gasteiger partial charge is 0.324 e. The summed E-state index contributed by atoms with van der Waals surface area (Å²) in [6.45, 7) is -0.553. The molecule has 8 heteroatoms. The summed E-state index contributed by atoms with van der Waals surface area (Å²) in [5, 5.41) is 2.59. The van der Waals surface area contributed by atoms with Crippen molar-refractivity contribution in [1.82, 2.24) is 4.90 Å². The summed E-state index contributed by atoms with van der Waals surface area (Å²) in [6.07, 6.45) is 0. The summed E-state index contributed by atoms with van der Waals surface area (Å²) in [6, 6.07) is 7.05. The molecule has 0 atom stereocenters. The quantitative estimate of drug-likeness (QED) is 0.866. The van der Waals surface area contributed by atoms with E-state index >= 15 is 0 Å². The van der Waals surface area contributed by atoms with Gasteiger partial charge >= 0.3 is 0 Å². The van der Waals surface area contributed by atoms with Gasteiger partial charge in [-0.2, -0.15) is 0 Å². The zero-order valence-electron chi connectivity index (χ0n) is 12.0. The van der Waals surface area contributed by atoms with Crippen LogP contribution in [0.15, 0.2) is 36.4 Å². The van der Waals surface area contributed by atoms with Crippen LogP contribution in [-0.2, 0) is 4.79 Å². The van der Waals surface area contributed by atoms with Crippen LogP contribution in [0.5, 0.6) is 0 Å². The van der Waals surface area contributed by atoms with Crippen molar-refractivity contribution in [2.75, 3.05) is 11.9 Å². The molecule has 1 aliphatic rings. The van der Waals surface area contributed by atoms with Gasteiger partial charge in [-0.25, -0.2) is 8.78 Å². The molecule has 0 fully saturated rings. The van der Waals surface area contributed by atoms with Crippen LogP contribution in [0.2, 0.25) is 5.02 Å². The molecule has 0 radical (unpaired) electrons. The fraction of sp³-hybridized carbons (Fsp3) is 0.0625. The fourth-order valence-electron chi connectivity index (χ4n) is 2.32. The number of imide groups is 1. The molecule has 24 heavy (non-hydrogen) atoms. The SMILES string of the molecule is O=C(CN1C(=O)c2ccc(Cl)cc2C1=O)Nc1ccc(F)c(F)c1. The van der Waals surface area contributed by atoms with Crippen LogP contribution in [0.3, 0.4) is 0 Å². The molecule has 0 aliphatic carbocycles. The summed E-state index contributed by atoms with van der Waals surface area (Å²) in [4.78, 5) is 37.1. The maximum atomic E-state index is 13.1. The first-order chi connectivity index (χ1) is 11.4. The highest BCUT2D eigenvalue weighted by Gasteiger charge is 2.36. The van der Waals surface area contributed by atoms with E-state index in [4.69, 9.17) is 11.6 Å². The van der Waals surface area contributed by atoms with Crippen LogP contribution in [0.25, 0.3) is 0 Å². The Morgan fingerprint density at radius 2 is 1.71 bits per heavy atom. The number of benzene rings is 2. The van der Waals surface area contributed by atoms with Crippen molar-refractivity contribution in [2.45, 2.75) is 0 Å². The number of rotatable bonds is 3. The van der Waals surface area contributed by atoms with Gasteiger partial charge in [-0.05, 0) is 30.3 Å². The second-order valence-corrected chi connectivity index (χ2v) is 5.50. The average Bonchev–Trinajstić information content (AvgIpc) is 2.75. The number of hydrogen-bond acceptors (Lipinski definition) is 3. The van der Waals surface area contributed by atoms with Crippen molar-refractivity contribution in [3.8, 4) is 0 Å². The standard InChI is InChI=1S/C16H9ClF2N2O3/c17-8-1-3-10-11(5-8)16(24)21(15(10)23)7-14(22)20-9-2-4-12(18)13(19)6-9/h1-6H,7H2,(H,20,22). The molecule has 122 valence electrons. The lowest BCUT2D eigenvalue weighted by Gasteiger charge is -2.13. The lowest BCUT2D eigenvalue weighted by atomic mass is 10.1. The maximum absolute atomic E-state index is 13.1. The van der Waals surface area contributed by atoms with E-state index in [1.54, 1.807) is 0 Å². The van der Waals surface area contributed by atoms with Gasteiger partial charge in [-0.1, -0.05) is 11.6 Å². The van der Waals surface area contributed by atoms with Gasteiger partial charge < -0.3 is 5.32 Å². The number of nitrogens with one attached hydrogen (secondary N) is 1. The normalized spacial score (nSPS) is 13.2. The lowest BCUT2D eigenvalue weighted by Crippen LogP contribution is -2.37. The summed E-state index contributed by atoms with van der Waals surface area (Å²) >= 11 is 5.80. The Labute approximate surface area is 139 Å². The van der Waals surface area contributed by atoms with E-state index in [-0.39, 0.29) is 16.8 Å². The van der Waals surface area contributed by atoms with E-state index in [1.165, 1.54) is 24.3 Å². The molecule has 0 spiro atoms. The highest BCUT2D eigenvalue weighted by atomic mass is 35.5.